The minimum atomic E-state index is 0.472. The van der Waals surface area contributed by atoms with Gasteiger partial charge in [-0.15, -0.1) is 5.10 Å². The average molecular weight is 297 g/mol. The summed E-state index contributed by atoms with van der Waals surface area (Å²) in [6.07, 6.45) is 1.73. The minimum Gasteiger partial charge on any atom is -0.377 e. The number of amidine groups is 1. The van der Waals surface area contributed by atoms with E-state index in [0.717, 1.165) is 11.3 Å². The Labute approximate surface area is 130 Å². The predicted molar refractivity (Wildman–Crippen MR) is 92.9 cm³/mol. The number of nitrogens with two attached hydrogens (primary N) is 1. The second-order valence-corrected chi connectivity index (χ2v) is 5.87. The highest BCUT2D eigenvalue weighted by Gasteiger charge is 1.96. The maximum Gasteiger partial charge on any atom is 0.180 e. The lowest BCUT2D eigenvalue weighted by Crippen LogP contribution is -2.06. The van der Waals surface area contributed by atoms with E-state index >= 15 is 0 Å². The van der Waals surface area contributed by atoms with Crippen molar-refractivity contribution in [2.45, 2.75) is 19.6 Å². The molecule has 3 nitrogen and oxygen atoms in total. The number of thioether (sulfide) groups is 1. The molecule has 0 unspecified atom stereocenters. The molecule has 2 rings (SSSR count). The van der Waals surface area contributed by atoms with E-state index in [0.29, 0.717) is 5.17 Å². The molecular formula is C17H19N3S. The van der Waals surface area contributed by atoms with Crippen molar-refractivity contribution in [3.63, 3.8) is 0 Å². The quantitative estimate of drug-likeness (QED) is 0.529. The van der Waals surface area contributed by atoms with Crippen molar-refractivity contribution in [1.82, 2.24) is 0 Å². The Balaban J connectivity index is 1.92. The normalized spacial score (nSPS) is 12.0. The number of hydrogen-bond donors (Lipinski definition) is 1. The molecular weight excluding hydrogens is 278 g/mol. The van der Waals surface area contributed by atoms with E-state index in [4.69, 9.17) is 5.73 Å². The highest BCUT2D eigenvalue weighted by molar-refractivity contribution is 8.13. The molecule has 2 aromatic rings. The molecule has 0 aliphatic rings. The Morgan fingerprint density at radius 1 is 1.10 bits per heavy atom. The first-order chi connectivity index (χ1) is 10.1. The van der Waals surface area contributed by atoms with Crippen molar-refractivity contribution in [3.05, 3.63) is 70.8 Å². The van der Waals surface area contributed by atoms with Crippen LogP contribution in [0.4, 0.5) is 0 Å². The summed E-state index contributed by atoms with van der Waals surface area (Å²) >= 11 is 1.48. The van der Waals surface area contributed by atoms with E-state index in [2.05, 4.69) is 54.4 Å². The molecule has 0 radical (unpaired) electrons. The van der Waals surface area contributed by atoms with Crippen LogP contribution in [0.1, 0.15) is 22.3 Å². The molecule has 0 saturated carbocycles. The van der Waals surface area contributed by atoms with Crippen LogP contribution in [0.25, 0.3) is 0 Å². The van der Waals surface area contributed by atoms with Crippen LogP contribution in [0.3, 0.4) is 0 Å². The van der Waals surface area contributed by atoms with Gasteiger partial charge in [0.25, 0.3) is 0 Å². The summed E-state index contributed by atoms with van der Waals surface area (Å²) < 4.78 is 0. The molecule has 0 heterocycles. The average Bonchev–Trinajstić information content (AvgIpc) is 2.45. The van der Waals surface area contributed by atoms with Crippen molar-refractivity contribution < 1.29 is 0 Å². The van der Waals surface area contributed by atoms with Crippen LogP contribution in [-0.2, 0) is 5.75 Å². The Bertz CT molecular complexity index is 628. The summed E-state index contributed by atoms with van der Waals surface area (Å²) in [4.78, 5) is 0. The molecule has 0 atom stereocenters. The van der Waals surface area contributed by atoms with Crippen LogP contribution in [0.2, 0.25) is 0 Å². The largest absolute Gasteiger partial charge is 0.377 e. The molecule has 0 bridgehead atoms. The SMILES string of the molecule is Cc1cc(C)cc(C=NN=C(N)SCc2ccccc2)c1. The predicted octanol–water partition coefficient (Wildman–Crippen LogP) is 3.89. The maximum atomic E-state index is 5.84. The fourth-order valence-corrected chi connectivity index (χ4v) is 2.61. The zero-order valence-corrected chi connectivity index (χ0v) is 13.1. The zero-order chi connectivity index (χ0) is 15.1. The fourth-order valence-electron chi connectivity index (χ4n) is 2.00. The molecule has 21 heavy (non-hydrogen) atoms. The van der Waals surface area contributed by atoms with Crippen LogP contribution in [0, 0.1) is 13.8 Å². The van der Waals surface area contributed by atoms with Gasteiger partial charge in [0.2, 0.25) is 0 Å². The standard InChI is InChI=1S/C17H19N3S/c1-13-8-14(2)10-16(9-13)11-19-20-17(18)21-12-15-6-4-3-5-7-15/h3-11H,12H2,1-2H3,(H2,18,20). The first kappa shape index (κ1) is 15.3. The maximum absolute atomic E-state index is 5.84. The van der Waals surface area contributed by atoms with Gasteiger partial charge >= 0.3 is 0 Å². The van der Waals surface area contributed by atoms with Crippen LogP contribution in [-0.4, -0.2) is 11.4 Å². The van der Waals surface area contributed by atoms with Gasteiger partial charge in [-0.1, -0.05) is 71.4 Å². The van der Waals surface area contributed by atoms with E-state index in [-0.39, 0.29) is 0 Å². The van der Waals surface area contributed by atoms with Crippen molar-refractivity contribution in [2.75, 3.05) is 0 Å². The van der Waals surface area contributed by atoms with Crippen molar-refractivity contribution in [2.24, 2.45) is 15.9 Å². The number of rotatable bonds is 4. The smallest absolute Gasteiger partial charge is 0.180 e. The molecule has 108 valence electrons. The first-order valence-corrected chi connectivity index (χ1v) is 7.73. The second-order valence-electron chi connectivity index (χ2n) is 4.88. The van der Waals surface area contributed by atoms with Crippen molar-refractivity contribution in [3.8, 4) is 0 Å². The summed E-state index contributed by atoms with van der Waals surface area (Å²) in [5, 5.41) is 8.55. The van der Waals surface area contributed by atoms with Gasteiger partial charge in [-0.2, -0.15) is 5.10 Å². The Morgan fingerprint density at radius 2 is 1.76 bits per heavy atom. The summed E-state index contributed by atoms with van der Waals surface area (Å²) in [6.45, 7) is 4.13. The van der Waals surface area contributed by atoms with E-state index in [1.165, 1.54) is 28.5 Å². The highest BCUT2D eigenvalue weighted by Crippen LogP contribution is 2.11. The van der Waals surface area contributed by atoms with Gasteiger partial charge in [-0.25, -0.2) is 0 Å². The summed E-state index contributed by atoms with van der Waals surface area (Å²) in [7, 11) is 0. The van der Waals surface area contributed by atoms with Crippen molar-refractivity contribution in [1.29, 1.82) is 0 Å². The molecule has 0 saturated heterocycles. The van der Waals surface area contributed by atoms with Gasteiger partial charge in [-0.05, 0) is 25.0 Å². The molecule has 0 aliphatic heterocycles. The third-order valence-corrected chi connectivity index (χ3v) is 3.69. The summed E-state index contributed by atoms with van der Waals surface area (Å²) in [6, 6.07) is 16.4. The monoisotopic (exact) mass is 297 g/mol. The van der Waals surface area contributed by atoms with Gasteiger partial charge in [0.05, 0.1) is 6.21 Å². The molecule has 0 amide bonds. The van der Waals surface area contributed by atoms with Gasteiger partial charge in [0, 0.05) is 5.75 Å². The summed E-state index contributed by atoms with van der Waals surface area (Å²) in [5.74, 6) is 0.801. The first-order valence-electron chi connectivity index (χ1n) is 6.75. The van der Waals surface area contributed by atoms with Gasteiger partial charge < -0.3 is 5.73 Å². The van der Waals surface area contributed by atoms with Crippen molar-refractivity contribution >= 4 is 23.1 Å². The number of hydrogen-bond acceptors (Lipinski definition) is 3. The van der Waals surface area contributed by atoms with Gasteiger partial charge in [0.15, 0.2) is 5.17 Å². The Morgan fingerprint density at radius 3 is 2.43 bits per heavy atom. The van der Waals surface area contributed by atoms with Gasteiger partial charge in [0.1, 0.15) is 0 Å². The van der Waals surface area contributed by atoms with Crippen LogP contribution >= 0.6 is 11.8 Å². The molecule has 0 spiro atoms. The van der Waals surface area contributed by atoms with E-state index in [9.17, 15) is 0 Å². The topological polar surface area (TPSA) is 50.7 Å². The van der Waals surface area contributed by atoms with Crippen LogP contribution < -0.4 is 5.73 Å². The molecule has 0 aromatic heterocycles. The lowest BCUT2D eigenvalue weighted by Gasteiger charge is -2.00. The van der Waals surface area contributed by atoms with E-state index in [1.807, 2.05) is 18.2 Å². The third-order valence-electron chi connectivity index (χ3n) is 2.84. The number of benzene rings is 2. The highest BCUT2D eigenvalue weighted by atomic mass is 32.2. The molecule has 2 N–H and O–H groups in total. The zero-order valence-electron chi connectivity index (χ0n) is 12.3. The molecule has 2 aromatic carbocycles. The van der Waals surface area contributed by atoms with Crippen LogP contribution in [0.5, 0.6) is 0 Å². The molecule has 0 fully saturated rings. The van der Waals surface area contributed by atoms with E-state index in [1.54, 1.807) is 6.21 Å². The second kappa shape index (κ2) is 7.64. The summed E-state index contributed by atoms with van der Waals surface area (Å²) in [5.41, 5.74) is 10.5. The minimum absolute atomic E-state index is 0.472. The lowest BCUT2D eigenvalue weighted by molar-refractivity contribution is 1.25. The molecule has 0 aliphatic carbocycles. The Hall–Kier alpha value is -2.07. The number of nitrogens with zero attached hydrogens (tertiary/aromatic N) is 2. The van der Waals surface area contributed by atoms with Gasteiger partial charge in [-0.3, -0.25) is 0 Å². The number of aryl methyl sites for hydroxylation is 2. The fraction of sp³-hybridized carbons (Fsp3) is 0.176. The Kier molecular flexibility index (Phi) is 5.58. The van der Waals surface area contributed by atoms with E-state index < -0.39 is 0 Å². The van der Waals surface area contributed by atoms with Crippen LogP contribution in [0.15, 0.2) is 58.7 Å². The molecule has 4 heteroatoms. The third kappa shape index (κ3) is 5.44. The lowest BCUT2D eigenvalue weighted by atomic mass is 10.1.